The van der Waals surface area contributed by atoms with Crippen LogP contribution in [0.5, 0.6) is 0 Å². The monoisotopic (exact) mass is 1110 g/mol. The number of aryl methyl sites for hydroxylation is 1. The largest absolute Gasteiger partial charge is 1.15 e. The summed E-state index contributed by atoms with van der Waals surface area (Å²) in [7, 11) is 1.36. The van der Waals surface area contributed by atoms with E-state index in [2.05, 4.69) is 31.5 Å². The molecular weight excluding hydrogens is 1040 g/mol. The van der Waals surface area contributed by atoms with Crippen LogP contribution in [0.4, 0.5) is 9.21 Å². The van der Waals surface area contributed by atoms with Crippen molar-refractivity contribution < 1.29 is 73.6 Å². The lowest BCUT2D eigenvalue weighted by molar-refractivity contribution is -0.160. The smallest absolute Gasteiger partial charge is 0.558 e. The third kappa shape index (κ3) is 16.2. The number of nitrogens with one attached hydrogen (secondary N) is 5. The number of benzene rings is 1. The van der Waals surface area contributed by atoms with Gasteiger partial charge in [0.2, 0.25) is 35.8 Å². The van der Waals surface area contributed by atoms with Gasteiger partial charge in [0.15, 0.2) is 0 Å². The van der Waals surface area contributed by atoms with E-state index in [0.29, 0.717) is 76.8 Å². The lowest BCUT2D eigenvalue weighted by Gasteiger charge is -2.38. The number of likely N-dealkylation sites (tertiary alicyclic amines) is 1. The average Bonchev–Trinajstić information content (AvgIpc) is 4.00. The number of aliphatic carboxylic acids is 1. The van der Waals surface area contributed by atoms with Crippen molar-refractivity contribution in [2.45, 2.75) is 121 Å². The molecule has 0 saturated carbocycles. The molecule has 0 aromatic heterocycles. The van der Waals surface area contributed by atoms with Crippen molar-refractivity contribution in [3.05, 3.63) is 29.3 Å². The van der Waals surface area contributed by atoms with Gasteiger partial charge in [0, 0.05) is 85.3 Å². The van der Waals surface area contributed by atoms with Crippen LogP contribution in [0, 0.1) is 11.8 Å². The highest BCUT2D eigenvalue weighted by molar-refractivity contribution is 6.41. The van der Waals surface area contributed by atoms with Gasteiger partial charge in [-0.3, -0.25) is 62.8 Å². The number of para-hydroxylation sites is 1. The number of methoxy groups -OCH3 is 1. The lowest BCUT2D eigenvalue weighted by atomic mass is 9.95. The minimum absolute atomic E-state index is 0.0435. The number of carboxylic acid groups (broad SMARTS) is 1. The number of aldehydes is 1. The number of esters is 1. The van der Waals surface area contributed by atoms with Gasteiger partial charge in [-0.1, -0.05) is 38.5 Å². The summed E-state index contributed by atoms with van der Waals surface area (Å²) in [5.74, 6) is -5.93. The first-order valence-electron chi connectivity index (χ1n) is 27.1. The molecule has 6 heterocycles. The molecule has 1 aromatic carbocycles. The number of piperidine rings is 1. The van der Waals surface area contributed by atoms with Gasteiger partial charge in [-0.2, -0.15) is 0 Å². The van der Waals surface area contributed by atoms with Crippen molar-refractivity contribution in [3.63, 3.8) is 0 Å². The van der Waals surface area contributed by atoms with Gasteiger partial charge in [-0.25, -0.2) is 0 Å². The number of rotatable bonds is 22. The maximum atomic E-state index is 14.4. The van der Waals surface area contributed by atoms with Crippen LogP contribution in [0.3, 0.4) is 0 Å². The van der Waals surface area contributed by atoms with E-state index in [4.69, 9.17) is 17.1 Å². The van der Waals surface area contributed by atoms with Crippen LogP contribution in [0.2, 0.25) is 0 Å². The molecule has 25 nitrogen and oxygen atoms in total. The Morgan fingerprint density at radius 1 is 0.872 bits per heavy atom. The van der Waals surface area contributed by atoms with Crippen LogP contribution < -0.4 is 31.5 Å². The molecule has 428 valence electrons. The van der Waals surface area contributed by atoms with Crippen LogP contribution >= 0.6 is 0 Å². The standard InChI is InChI=1S/C51H76N10O15.Al.FH/c1-4-31(2)45(48(71)54-36-9-8-33-6-5-7-34-24-39(61(46(33)34)49(36)72)47(70)55-38-25-44(69)76-51(38)75-3)56-41(64)12-15-52-40(63)11-10-37(50(73)74)53-26-35(30-62)60-16-13-32(14-17-60)27-57-18-20-58(28-42(65)66)22-23-59(21-19-57)29-43(67)68;;/h5-7,30-32,35-39,45,51,53H,4,8-29H2,1-3H3,(H,52,63)(H,54,71)(H,55,70)(H,56,64)(H,65,66)(H,67,68)(H,73,74);;1H/q;+3;/p-3/t31-,35?,36-,37-,38?,39-,45-,51?;;/m0../s1. The quantitative estimate of drug-likeness (QED) is 0.0412. The Morgan fingerprint density at radius 2 is 1.54 bits per heavy atom. The second-order valence-corrected chi connectivity index (χ2v) is 22.0. The van der Waals surface area contributed by atoms with Crippen molar-refractivity contribution in [2.75, 3.05) is 97.1 Å². The number of nitrogens with zero attached hydrogens (tertiary/aromatic N) is 5. The summed E-state index contributed by atoms with van der Waals surface area (Å²) in [5, 5.41) is 24.0. The first-order valence-corrected chi connectivity index (χ1v) is 28.5. The molecule has 6 aliphatic rings. The highest BCUT2D eigenvalue weighted by atomic mass is 27.3. The van der Waals surface area contributed by atoms with Crippen LogP contribution in [-0.2, 0) is 77.8 Å². The Bertz CT molecular complexity index is 2330. The van der Waals surface area contributed by atoms with E-state index in [1.165, 1.54) is 12.0 Å². The molecule has 78 heavy (non-hydrogen) atoms. The van der Waals surface area contributed by atoms with Crippen LogP contribution in [0.1, 0.15) is 76.3 Å². The molecule has 5 unspecified atom stereocenters. The third-order valence-electron chi connectivity index (χ3n) is 15.7. The summed E-state index contributed by atoms with van der Waals surface area (Å²) in [6.45, 7) is 8.75. The zero-order chi connectivity index (χ0) is 56.0. The van der Waals surface area contributed by atoms with Crippen LogP contribution in [0.15, 0.2) is 18.2 Å². The van der Waals surface area contributed by atoms with E-state index in [-0.39, 0.29) is 70.6 Å². The van der Waals surface area contributed by atoms with E-state index in [1.807, 2.05) is 39.8 Å². The zero-order valence-corrected chi connectivity index (χ0v) is 45.8. The number of hydrogen-bond acceptors (Lipinski definition) is 19. The topological polar surface area (TPSA) is 304 Å². The Kier molecular flexibility index (Phi) is 21.9. The number of halogens is 1. The van der Waals surface area contributed by atoms with Crippen molar-refractivity contribution in [1.82, 2.24) is 46.2 Å². The van der Waals surface area contributed by atoms with E-state index >= 15 is 0 Å². The van der Waals surface area contributed by atoms with E-state index in [0.717, 1.165) is 36.8 Å². The van der Waals surface area contributed by atoms with Gasteiger partial charge in [0.25, 0.3) is 11.9 Å². The Hall–Kier alpha value is -5.66. The maximum absolute atomic E-state index is 14.4. The maximum Gasteiger partial charge on any atom is 1.15 e. The number of carbonyl (C=O) groups is 10. The molecule has 4 fully saturated rings. The molecule has 7 rings (SSSR count). The number of ether oxygens (including phenoxy) is 2. The molecule has 2 bridgehead atoms. The number of carboxylic acids is 1. The molecule has 10 atom stereocenters. The predicted octanol–water partition coefficient (Wildman–Crippen LogP) is -2.11. The summed E-state index contributed by atoms with van der Waals surface area (Å²) in [6, 6.07) is 0.00663. The zero-order valence-electron chi connectivity index (χ0n) is 44.6. The fourth-order valence-corrected chi connectivity index (χ4v) is 11.6. The molecule has 0 spiro atoms. The van der Waals surface area contributed by atoms with E-state index in [9.17, 15) is 56.6 Å². The summed E-state index contributed by atoms with van der Waals surface area (Å²) >= 11 is -3.90. The summed E-state index contributed by atoms with van der Waals surface area (Å²) in [6.07, 6.45) is 2.15. The lowest BCUT2D eigenvalue weighted by Crippen LogP contribution is -2.59. The molecule has 4 saturated heterocycles. The SMILES string of the molecule is CC[C@H](C)[C@H](NC(=O)CCNC(=O)CC[C@H](NCC(C=O)N1CCC(CN2CCN3CCN(CC2)CC(=O)[O][Al]([F])[O]C(=O)C3)CC1)C(=O)O)C(=O)N[C@H]1CCc2cccc3c2N(C1=O)[C@H](C(=O)NC1CC(=O)OC1OC)C3. The Morgan fingerprint density at radius 3 is 2.18 bits per heavy atom. The average molecular weight is 1110 g/mol. The Labute approximate surface area is 457 Å². The highest BCUT2D eigenvalue weighted by Gasteiger charge is 2.47. The fraction of sp³-hybridized carbons (Fsp3) is 0.686. The van der Waals surface area contributed by atoms with Gasteiger partial charge in [-0.15, -0.1) is 0 Å². The molecule has 27 heteroatoms. The van der Waals surface area contributed by atoms with Crippen LogP contribution in [-0.4, -0.2) is 234 Å². The second kappa shape index (κ2) is 28.5. The minimum atomic E-state index is -3.90. The van der Waals surface area contributed by atoms with Crippen molar-refractivity contribution >= 4 is 80.7 Å². The Balaban J connectivity index is 0.831. The van der Waals surface area contributed by atoms with Gasteiger partial charge in [-0.05, 0) is 68.2 Å². The van der Waals surface area contributed by atoms with Crippen molar-refractivity contribution in [2.24, 2.45) is 11.8 Å². The number of amides is 5. The van der Waals surface area contributed by atoms with Crippen molar-refractivity contribution in [3.8, 4) is 0 Å². The molecule has 6 aliphatic heterocycles. The molecular formula is C51H74AlFN10O15. The molecule has 1 aromatic rings. The van der Waals surface area contributed by atoms with Gasteiger partial charge < -0.3 is 62.0 Å². The normalized spacial score (nSPS) is 25.9. The molecule has 0 radical (unpaired) electrons. The van der Waals surface area contributed by atoms with E-state index in [1.54, 1.807) is 6.92 Å². The van der Waals surface area contributed by atoms with Gasteiger partial charge in [0.05, 0.1) is 31.2 Å². The van der Waals surface area contributed by atoms with E-state index < -0.39 is 111 Å². The molecule has 0 aliphatic carbocycles. The number of carbonyl (C=O) groups excluding carboxylic acids is 9. The minimum Gasteiger partial charge on any atom is -0.558 e. The molecule has 6 N–H and O–H groups in total. The fourth-order valence-electron chi connectivity index (χ4n) is 11.0. The summed E-state index contributed by atoms with van der Waals surface area (Å²) in [4.78, 5) is 139. The highest BCUT2D eigenvalue weighted by Crippen LogP contribution is 2.39. The number of anilines is 1. The molecule has 5 amide bonds. The van der Waals surface area contributed by atoms with Gasteiger partial charge >= 0.3 is 27.2 Å². The van der Waals surface area contributed by atoms with Crippen molar-refractivity contribution in [1.29, 1.82) is 0 Å². The second-order valence-electron chi connectivity index (χ2n) is 21.0. The first kappa shape index (κ1) is 60.0. The van der Waals surface area contributed by atoms with Gasteiger partial charge in [0.1, 0.15) is 36.5 Å². The number of hydrogen-bond donors (Lipinski definition) is 6. The third-order valence-corrected chi connectivity index (χ3v) is 16.6. The first-order chi connectivity index (χ1) is 37.4. The number of fused-ring (bicyclic) bond motifs is 3. The predicted molar refractivity (Wildman–Crippen MR) is 275 cm³/mol. The number of cyclic esters (lactones) is 1. The van der Waals surface area contributed by atoms with Crippen LogP contribution in [0.25, 0.3) is 0 Å². The summed E-state index contributed by atoms with van der Waals surface area (Å²) in [5.41, 5.74) is 2.25. The summed E-state index contributed by atoms with van der Waals surface area (Å²) < 4.78 is 33.9.